The van der Waals surface area contributed by atoms with E-state index in [4.69, 9.17) is 0 Å². The van der Waals surface area contributed by atoms with Crippen LogP contribution in [0.4, 0.5) is 0 Å². The molecule has 0 unspecified atom stereocenters. The van der Waals surface area contributed by atoms with Crippen LogP contribution in [0.25, 0.3) is 0 Å². The van der Waals surface area contributed by atoms with E-state index in [2.05, 4.69) is 51.2 Å². The fourth-order valence-corrected chi connectivity index (χ4v) is 4.35. The molecule has 0 radical (unpaired) electrons. The van der Waals surface area contributed by atoms with Gasteiger partial charge in [-0.25, -0.2) is 0 Å². The van der Waals surface area contributed by atoms with Gasteiger partial charge in [0, 0.05) is 24.0 Å². The predicted molar refractivity (Wildman–Crippen MR) is 70.6 cm³/mol. The molecule has 0 amide bonds. The highest BCUT2D eigenvalue weighted by Crippen LogP contribution is 2.46. The average molecular weight is 291 g/mol. The van der Waals surface area contributed by atoms with Crippen LogP contribution in [0, 0.1) is 23.2 Å². The van der Waals surface area contributed by atoms with Gasteiger partial charge in [-0.1, -0.05) is 46.3 Å². The summed E-state index contributed by atoms with van der Waals surface area (Å²) in [4.78, 5) is 2.98. The molecule has 2 fully saturated rings. The molecule has 88 valence electrons. The zero-order valence-corrected chi connectivity index (χ0v) is 11.2. The van der Waals surface area contributed by atoms with Gasteiger partial charge in [-0.05, 0) is 17.9 Å². The normalized spacial score (nSPS) is 36.0. The summed E-state index contributed by atoms with van der Waals surface area (Å²) in [5.41, 5.74) is 1.34. The number of halogens is 1. The SMILES string of the molecule is N#C[C@H]1C[C@@H]2CN(Cc3ccccc3)[C@H]1[C@H]2Br. The second-order valence-corrected chi connectivity index (χ2v) is 6.14. The van der Waals surface area contributed by atoms with E-state index < -0.39 is 0 Å². The molecule has 1 saturated carbocycles. The summed E-state index contributed by atoms with van der Waals surface area (Å²) in [6.07, 6.45) is 1.07. The number of nitrogens with zero attached hydrogens (tertiary/aromatic N) is 2. The van der Waals surface area contributed by atoms with E-state index >= 15 is 0 Å². The largest absolute Gasteiger partial charge is 0.293 e. The molecule has 4 atom stereocenters. The molecule has 3 rings (SSSR count). The van der Waals surface area contributed by atoms with Gasteiger partial charge < -0.3 is 0 Å². The topological polar surface area (TPSA) is 27.0 Å². The summed E-state index contributed by atoms with van der Waals surface area (Å²) < 4.78 is 0. The second kappa shape index (κ2) is 4.44. The molecule has 2 nitrogen and oxygen atoms in total. The Morgan fingerprint density at radius 2 is 2.12 bits per heavy atom. The van der Waals surface area contributed by atoms with Crippen LogP contribution < -0.4 is 0 Å². The summed E-state index contributed by atoms with van der Waals surface area (Å²) in [5.74, 6) is 0.871. The van der Waals surface area contributed by atoms with Crippen molar-refractivity contribution in [3.8, 4) is 6.07 Å². The first-order valence-electron chi connectivity index (χ1n) is 6.11. The number of nitriles is 1. The lowest BCUT2D eigenvalue weighted by atomic mass is 9.99. The summed E-state index contributed by atoms with van der Waals surface area (Å²) >= 11 is 3.77. The lowest BCUT2D eigenvalue weighted by molar-refractivity contribution is 0.176. The molecular weight excluding hydrogens is 276 g/mol. The van der Waals surface area contributed by atoms with Crippen molar-refractivity contribution in [3.63, 3.8) is 0 Å². The standard InChI is InChI=1S/C14H15BrN2/c15-13-12-6-11(7-16)14(13)17(9-12)8-10-4-2-1-3-5-10/h1-5,11-14H,6,8-9H2/t11-,12-,13+,14-/m1/s1. The molecule has 1 aromatic carbocycles. The van der Waals surface area contributed by atoms with Crippen molar-refractivity contribution >= 4 is 15.9 Å². The van der Waals surface area contributed by atoms with Crippen LogP contribution in [0.1, 0.15) is 12.0 Å². The predicted octanol–water partition coefficient (Wildman–Crippen LogP) is 2.79. The van der Waals surface area contributed by atoms with E-state index in [1.54, 1.807) is 0 Å². The maximum atomic E-state index is 9.19. The van der Waals surface area contributed by atoms with Gasteiger partial charge in [0.2, 0.25) is 0 Å². The van der Waals surface area contributed by atoms with Gasteiger partial charge in [0.25, 0.3) is 0 Å². The molecule has 3 heteroatoms. The van der Waals surface area contributed by atoms with Crippen LogP contribution in [0.5, 0.6) is 0 Å². The number of alkyl halides is 1. The third-order valence-electron chi connectivity index (χ3n) is 4.03. The minimum absolute atomic E-state index is 0.210. The lowest BCUT2D eigenvalue weighted by Gasteiger charge is -2.29. The highest BCUT2D eigenvalue weighted by atomic mass is 79.9. The first-order chi connectivity index (χ1) is 8.29. The fourth-order valence-electron chi connectivity index (χ4n) is 3.27. The van der Waals surface area contributed by atoms with E-state index in [1.807, 2.05) is 6.07 Å². The summed E-state index contributed by atoms with van der Waals surface area (Å²) in [6, 6.07) is 13.4. The van der Waals surface area contributed by atoms with Crippen molar-refractivity contribution in [3.05, 3.63) is 35.9 Å². The van der Waals surface area contributed by atoms with Crippen LogP contribution in [0.3, 0.4) is 0 Å². The van der Waals surface area contributed by atoms with Crippen molar-refractivity contribution in [2.45, 2.75) is 23.8 Å². The Labute approximate surface area is 110 Å². The van der Waals surface area contributed by atoms with Crippen LogP contribution in [0.15, 0.2) is 30.3 Å². The van der Waals surface area contributed by atoms with Crippen LogP contribution >= 0.6 is 15.9 Å². The van der Waals surface area contributed by atoms with Gasteiger partial charge >= 0.3 is 0 Å². The first-order valence-corrected chi connectivity index (χ1v) is 7.03. The van der Waals surface area contributed by atoms with E-state index in [0.717, 1.165) is 19.5 Å². The number of benzene rings is 1. The molecule has 1 aromatic rings. The number of piperidine rings is 1. The van der Waals surface area contributed by atoms with E-state index in [-0.39, 0.29) is 5.92 Å². The Bertz CT molecular complexity index is 439. The molecule has 2 bridgehead atoms. The van der Waals surface area contributed by atoms with Gasteiger partial charge in [0.1, 0.15) is 0 Å². The first kappa shape index (κ1) is 11.3. The smallest absolute Gasteiger partial charge is 0.0672 e. The minimum Gasteiger partial charge on any atom is -0.293 e. The summed E-state index contributed by atoms with van der Waals surface area (Å²) in [5, 5.41) is 9.19. The van der Waals surface area contributed by atoms with Crippen molar-refractivity contribution in [1.82, 2.24) is 4.90 Å². The Morgan fingerprint density at radius 3 is 2.76 bits per heavy atom. The van der Waals surface area contributed by atoms with Gasteiger partial charge in [-0.3, -0.25) is 4.90 Å². The minimum atomic E-state index is 0.210. The lowest BCUT2D eigenvalue weighted by Crippen LogP contribution is -2.38. The van der Waals surface area contributed by atoms with Gasteiger partial charge in [-0.2, -0.15) is 5.26 Å². The average Bonchev–Trinajstić information content (AvgIpc) is 2.83. The zero-order valence-electron chi connectivity index (χ0n) is 9.59. The van der Waals surface area contributed by atoms with Crippen LogP contribution in [0.2, 0.25) is 0 Å². The maximum Gasteiger partial charge on any atom is 0.0672 e. The molecule has 2 aliphatic rings. The van der Waals surface area contributed by atoms with Crippen molar-refractivity contribution < 1.29 is 0 Å². The van der Waals surface area contributed by atoms with Crippen molar-refractivity contribution in [1.29, 1.82) is 5.26 Å². The zero-order chi connectivity index (χ0) is 11.8. The highest BCUT2D eigenvalue weighted by molar-refractivity contribution is 9.09. The van der Waals surface area contributed by atoms with E-state index in [9.17, 15) is 5.26 Å². The van der Waals surface area contributed by atoms with Crippen molar-refractivity contribution in [2.75, 3.05) is 6.54 Å². The molecule has 1 heterocycles. The van der Waals surface area contributed by atoms with Crippen molar-refractivity contribution in [2.24, 2.45) is 11.8 Å². The van der Waals surface area contributed by atoms with Crippen LogP contribution in [-0.4, -0.2) is 22.3 Å². The molecule has 1 aliphatic carbocycles. The number of likely N-dealkylation sites (tertiary alicyclic amines) is 1. The molecular formula is C14H15BrN2. The monoisotopic (exact) mass is 290 g/mol. The molecule has 1 aliphatic heterocycles. The van der Waals surface area contributed by atoms with Gasteiger partial charge in [0.05, 0.1) is 12.0 Å². The molecule has 0 spiro atoms. The number of rotatable bonds is 2. The van der Waals surface area contributed by atoms with Gasteiger partial charge in [0.15, 0.2) is 0 Å². The molecule has 0 N–H and O–H groups in total. The quantitative estimate of drug-likeness (QED) is 0.783. The Hall–Kier alpha value is -0.850. The van der Waals surface area contributed by atoms with Gasteiger partial charge in [-0.15, -0.1) is 0 Å². The van der Waals surface area contributed by atoms with E-state index in [1.165, 1.54) is 5.56 Å². The number of fused-ring (bicyclic) bond motifs is 2. The second-order valence-electron chi connectivity index (χ2n) is 5.08. The third kappa shape index (κ3) is 1.90. The van der Waals surface area contributed by atoms with E-state index in [0.29, 0.717) is 16.8 Å². The number of hydrogen-bond acceptors (Lipinski definition) is 2. The number of hydrogen-bond donors (Lipinski definition) is 0. The summed E-state index contributed by atoms with van der Waals surface area (Å²) in [6.45, 7) is 2.11. The Morgan fingerprint density at radius 1 is 1.35 bits per heavy atom. The molecule has 0 aromatic heterocycles. The molecule has 17 heavy (non-hydrogen) atoms. The Balaban J connectivity index is 1.76. The maximum absolute atomic E-state index is 9.19. The Kier molecular flexibility index (Phi) is 2.94. The highest BCUT2D eigenvalue weighted by Gasteiger charge is 2.51. The summed E-state index contributed by atoms with van der Waals surface area (Å²) in [7, 11) is 0. The fraction of sp³-hybridized carbons (Fsp3) is 0.500. The third-order valence-corrected chi connectivity index (χ3v) is 5.32. The van der Waals surface area contributed by atoms with Crippen LogP contribution in [-0.2, 0) is 6.54 Å². The molecule has 1 saturated heterocycles.